The number of hydrogen-bond donors (Lipinski definition) is 1. The van der Waals surface area contributed by atoms with E-state index in [2.05, 4.69) is 19.2 Å². The van der Waals surface area contributed by atoms with Gasteiger partial charge in [-0.25, -0.2) is 0 Å². The van der Waals surface area contributed by atoms with Crippen molar-refractivity contribution in [3.63, 3.8) is 0 Å². The summed E-state index contributed by atoms with van der Waals surface area (Å²) in [5.74, 6) is 0.819. The van der Waals surface area contributed by atoms with Crippen molar-refractivity contribution in [1.82, 2.24) is 5.32 Å². The third-order valence-corrected chi connectivity index (χ3v) is 4.77. The molecule has 114 valence electrons. The van der Waals surface area contributed by atoms with Crippen LogP contribution >= 0.6 is 0 Å². The lowest BCUT2D eigenvalue weighted by atomic mass is 9.78. The molecule has 1 N–H and O–H groups in total. The lowest BCUT2D eigenvalue weighted by Crippen LogP contribution is -2.43. The molecule has 1 amide bonds. The molecule has 0 aromatic heterocycles. The van der Waals surface area contributed by atoms with E-state index < -0.39 is 4.92 Å². The van der Waals surface area contributed by atoms with Gasteiger partial charge in [0.05, 0.1) is 4.92 Å². The Morgan fingerprint density at radius 3 is 2.71 bits per heavy atom. The molecular formula is C16H22N2O3. The third kappa shape index (κ3) is 3.23. The van der Waals surface area contributed by atoms with Crippen LogP contribution in [0.25, 0.3) is 0 Å². The second-order valence-electron chi connectivity index (χ2n) is 6.05. The molecule has 0 bridgehead atoms. The summed E-state index contributed by atoms with van der Waals surface area (Å²) in [5.41, 5.74) is 0.818. The van der Waals surface area contributed by atoms with Crippen molar-refractivity contribution in [2.24, 2.45) is 11.8 Å². The summed E-state index contributed by atoms with van der Waals surface area (Å²) in [5, 5.41) is 14.0. The number of nitro groups is 1. The lowest BCUT2D eigenvalue weighted by Gasteiger charge is -2.34. The fourth-order valence-corrected chi connectivity index (χ4v) is 3.10. The minimum Gasteiger partial charge on any atom is -0.349 e. The molecule has 0 saturated heterocycles. The number of nitrogens with one attached hydrogen (secondary N) is 1. The molecule has 21 heavy (non-hydrogen) atoms. The maximum atomic E-state index is 12.4. The van der Waals surface area contributed by atoms with Crippen molar-refractivity contribution in [2.45, 2.75) is 46.1 Å². The monoisotopic (exact) mass is 290 g/mol. The zero-order valence-corrected chi connectivity index (χ0v) is 12.8. The molecule has 5 heteroatoms. The smallest absolute Gasteiger partial charge is 0.273 e. The highest BCUT2D eigenvalue weighted by atomic mass is 16.6. The average molecular weight is 290 g/mol. The van der Waals surface area contributed by atoms with Gasteiger partial charge in [0.1, 0.15) is 0 Å². The fourth-order valence-electron chi connectivity index (χ4n) is 3.10. The van der Waals surface area contributed by atoms with E-state index in [9.17, 15) is 14.9 Å². The van der Waals surface area contributed by atoms with Crippen LogP contribution in [-0.2, 0) is 0 Å². The maximum Gasteiger partial charge on any atom is 0.273 e. The van der Waals surface area contributed by atoms with Crippen LogP contribution in [0, 0.1) is 28.9 Å². The molecule has 1 saturated carbocycles. The van der Waals surface area contributed by atoms with Gasteiger partial charge in [0, 0.05) is 23.2 Å². The van der Waals surface area contributed by atoms with Crippen molar-refractivity contribution in [3.8, 4) is 0 Å². The number of amides is 1. The van der Waals surface area contributed by atoms with E-state index in [1.165, 1.54) is 12.5 Å². The van der Waals surface area contributed by atoms with Crippen LogP contribution < -0.4 is 5.32 Å². The molecule has 0 aliphatic heterocycles. The number of nitrogens with zero attached hydrogens (tertiary/aromatic N) is 1. The van der Waals surface area contributed by atoms with E-state index >= 15 is 0 Å². The molecule has 0 radical (unpaired) electrons. The maximum absolute atomic E-state index is 12.4. The van der Waals surface area contributed by atoms with E-state index in [0.29, 0.717) is 23.0 Å². The van der Waals surface area contributed by atoms with Crippen molar-refractivity contribution in [1.29, 1.82) is 0 Å². The Balaban J connectivity index is 2.17. The highest BCUT2D eigenvalue weighted by Crippen LogP contribution is 2.30. The summed E-state index contributed by atoms with van der Waals surface area (Å²) >= 11 is 0. The van der Waals surface area contributed by atoms with Crippen LogP contribution in [0.15, 0.2) is 18.2 Å². The first-order valence-corrected chi connectivity index (χ1v) is 7.46. The molecule has 5 nitrogen and oxygen atoms in total. The Morgan fingerprint density at radius 2 is 2.05 bits per heavy atom. The average Bonchev–Trinajstić information content (AvgIpc) is 2.43. The number of nitro benzene ring substituents is 1. The van der Waals surface area contributed by atoms with Crippen LogP contribution in [0.3, 0.4) is 0 Å². The van der Waals surface area contributed by atoms with Crippen LogP contribution in [0.5, 0.6) is 0 Å². The predicted molar refractivity (Wildman–Crippen MR) is 81.3 cm³/mol. The summed E-state index contributed by atoms with van der Waals surface area (Å²) in [6.45, 7) is 6.00. The van der Waals surface area contributed by atoms with Crippen LogP contribution in [0.4, 0.5) is 5.69 Å². The Hall–Kier alpha value is -1.91. The Kier molecular flexibility index (Phi) is 4.60. The van der Waals surface area contributed by atoms with E-state index in [0.717, 1.165) is 12.8 Å². The molecule has 1 aliphatic rings. The Labute approximate surface area is 124 Å². The largest absolute Gasteiger partial charge is 0.349 e. The number of hydrogen-bond acceptors (Lipinski definition) is 3. The lowest BCUT2D eigenvalue weighted by molar-refractivity contribution is -0.385. The van der Waals surface area contributed by atoms with Crippen molar-refractivity contribution in [2.75, 3.05) is 0 Å². The second kappa shape index (κ2) is 6.24. The summed E-state index contributed by atoms with van der Waals surface area (Å²) in [6.07, 6.45) is 3.29. The van der Waals surface area contributed by atoms with Gasteiger partial charge in [-0.15, -0.1) is 0 Å². The summed E-state index contributed by atoms with van der Waals surface area (Å²) in [7, 11) is 0. The van der Waals surface area contributed by atoms with Gasteiger partial charge in [-0.3, -0.25) is 14.9 Å². The molecule has 2 rings (SSSR count). The molecule has 0 spiro atoms. The Morgan fingerprint density at radius 1 is 1.33 bits per heavy atom. The number of carbonyl (C=O) groups is 1. The van der Waals surface area contributed by atoms with Gasteiger partial charge < -0.3 is 5.32 Å². The molecule has 1 aromatic rings. The first-order valence-electron chi connectivity index (χ1n) is 7.46. The Bertz CT molecular complexity index is 556. The van der Waals surface area contributed by atoms with Gasteiger partial charge in [0.25, 0.3) is 11.6 Å². The summed E-state index contributed by atoms with van der Waals surface area (Å²) < 4.78 is 0. The van der Waals surface area contributed by atoms with Gasteiger partial charge in [0.15, 0.2) is 0 Å². The van der Waals surface area contributed by atoms with Gasteiger partial charge in [-0.05, 0) is 31.2 Å². The molecule has 1 aromatic carbocycles. The molecule has 0 heterocycles. The highest BCUT2D eigenvalue weighted by molar-refractivity contribution is 5.96. The topological polar surface area (TPSA) is 72.2 Å². The highest BCUT2D eigenvalue weighted by Gasteiger charge is 2.29. The van der Waals surface area contributed by atoms with Gasteiger partial charge in [-0.1, -0.05) is 32.8 Å². The summed E-state index contributed by atoms with van der Waals surface area (Å²) in [4.78, 5) is 22.9. The zero-order chi connectivity index (χ0) is 15.6. The number of rotatable bonds is 3. The second-order valence-corrected chi connectivity index (χ2v) is 6.05. The number of carbonyl (C=O) groups excluding carboxylic acids is 1. The first-order chi connectivity index (χ1) is 9.91. The van der Waals surface area contributed by atoms with Crippen LogP contribution in [0.2, 0.25) is 0 Å². The minimum atomic E-state index is -0.447. The molecule has 1 aliphatic carbocycles. The predicted octanol–water partition coefficient (Wildman–Crippen LogP) is 3.46. The van der Waals surface area contributed by atoms with Gasteiger partial charge >= 0.3 is 0 Å². The van der Waals surface area contributed by atoms with Crippen molar-refractivity contribution < 1.29 is 9.72 Å². The van der Waals surface area contributed by atoms with E-state index in [-0.39, 0.29) is 17.6 Å². The molecule has 3 unspecified atom stereocenters. The summed E-state index contributed by atoms with van der Waals surface area (Å²) in [6, 6.07) is 4.79. The molecule has 3 atom stereocenters. The first kappa shape index (κ1) is 15.5. The van der Waals surface area contributed by atoms with Crippen LogP contribution in [0.1, 0.15) is 49.0 Å². The van der Waals surface area contributed by atoms with E-state index in [1.54, 1.807) is 19.1 Å². The van der Waals surface area contributed by atoms with E-state index in [1.807, 2.05) is 0 Å². The molecular weight excluding hydrogens is 268 g/mol. The van der Waals surface area contributed by atoms with Gasteiger partial charge in [0.2, 0.25) is 0 Å². The minimum absolute atomic E-state index is 0.00675. The van der Waals surface area contributed by atoms with Crippen molar-refractivity contribution in [3.05, 3.63) is 39.4 Å². The normalized spacial score (nSPS) is 25.4. The standard InChI is InChI=1S/C16H22N2O3/c1-10-6-4-8-14(11(10)2)17-16(19)13-7-5-9-15(12(13)3)18(20)21/h5,7,9-11,14H,4,6,8H2,1-3H3,(H,17,19). The van der Waals surface area contributed by atoms with Gasteiger partial charge in [-0.2, -0.15) is 0 Å². The van der Waals surface area contributed by atoms with Crippen molar-refractivity contribution >= 4 is 11.6 Å². The molecule has 1 fully saturated rings. The van der Waals surface area contributed by atoms with Crippen LogP contribution in [-0.4, -0.2) is 16.9 Å². The van der Waals surface area contributed by atoms with E-state index in [4.69, 9.17) is 0 Å². The zero-order valence-electron chi connectivity index (χ0n) is 12.8. The quantitative estimate of drug-likeness (QED) is 0.684. The third-order valence-electron chi connectivity index (χ3n) is 4.77. The SMILES string of the molecule is Cc1c(C(=O)NC2CCCC(C)C2C)cccc1[N+](=O)[O-]. The number of benzene rings is 1. The fraction of sp³-hybridized carbons (Fsp3) is 0.562.